The predicted octanol–water partition coefficient (Wildman–Crippen LogP) is 3.32. The molecule has 0 atom stereocenters. The van der Waals surface area contributed by atoms with Gasteiger partial charge in [0, 0.05) is 52.8 Å². The van der Waals surface area contributed by atoms with Crippen LogP contribution in [0.15, 0.2) is 72.2 Å². The standard InChI is InChI=1S/C25H33N5O2/c1-26-25(28-12-5-15-32-17-16-31-2)29-18-23-6-3-4-7-24(23)22-10-8-21(9-11-22)19-30-14-13-27-20-30/h3-4,6-11,13-14,20H,5,12,15-19H2,1-2H3,(H2,26,28,29). The summed E-state index contributed by atoms with van der Waals surface area (Å²) in [5.41, 5.74) is 4.89. The summed E-state index contributed by atoms with van der Waals surface area (Å²) < 4.78 is 12.5. The van der Waals surface area contributed by atoms with Crippen molar-refractivity contribution in [3.05, 3.63) is 78.4 Å². The van der Waals surface area contributed by atoms with Crippen molar-refractivity contribution in [2.45, 2.75) is 19.5 Å². The van der Waals surface area contributed by atoms with Crippen molar-refractivity contribution in [3.8, 4) is 11.1 Å². The molecule has 0 unspecified atom stereocenters. The van der Waals surface area contributed by atoms with Crippen LogP contribution in [0.2, 0.25) is 0 Å². The van der Waals surface area contributed by atoms with Gasteiger partial charge >= 0.3 is 0 Å². The molecule has 0 saturated heterocycles. The number of nitrogens with one attached hydrogen (secondary N) is 2. The average Bonchev–Trinajstić information content (AvgIpc) is 3.34. The lowest BCUT2D eigenvalue weighted by Gasteiger charge is -2.15. The fraction of sp³-hybridized carbons (Fsp3) is 0.360. The molecule has 7 heteroatoms. The molecule has 0 aliphatic carbocycles. The van der Waals surface area contributed by atoms with Gasteiger partial charge < -0.3 is 24.7 Å². The number of hydrogen-bond donors (Lipinski definition) is 2. The van der Waals surface area contributed by atoms with Crippen LogP contribution in [0.3, 0.4) is 0 Å². The van der Waals surface area contributed by atoms with Gasteiger partial charge in [-0.3, -0.25) is 4.99 Å². The SMILES string of the molecule is CN=C(NCCCOCCOC)NCc1ccccc1-c1ccc(Cn2ccnc2)cc1. The van der Waals surface area contributed by atoms with Crippen molar-refractivity contribution < 1.29 is 9.47 Å². The molecule has 3 rings (SSSR count). The fourth-order valence-electron chi connectivity index (χ4n) is 3.36. The zero-order valence-electron chi connectivity index (χ0n) is 19.0. The second-order valence-electron chi connectivity index (χ2n) is 7.40. The molecular weight excluding hydrogens is 402 g/mol. The summed E-state index contributed by atoms with van der Waals surface area (Å²) in [6, 6.07) is 17.2. The van der Waals surface area contributed by atoms with E-state index >= 15 is 0 Å². The minimum atomic E-state index is 0.628. The molecule has 1 heterocycles. The molecule has 0 fully saturated rings. The van der Waals surface area contributed by atoms with Crippen LogP contribution in [-0.2, 0) is 22.6 Å². The van der Waals surface area contributed by atoms with E-state index in [-0.39, 0.29) is 0 Å². The van der Waals surface area contributed by atoms with Gasteiger partial charge in [-0.25, -0.2) is 4.98 Å². The molecule has 0 aliphatic heterocycles. The van der Waals surface area contributed by atoms with Gasteiger partial charge in [0.05, 0.1) is 19.5 Å². The number of methoxy groups -OCH3 is 1. The van der Waals surface area contributed by atoms with Crippen LogP contribution in [0.5, 0.6) is 0 Å². The molecule has 0 spiro atoms. The van der Waals surface area contributed by atoms with Crippen LogP contribution in [0.4, 0.5) is 0 Å². The van der Waals surface area contributed by atoms with E-state index in [4.69, 9.17) is 9.47 Å². The topological polar surface area (TPSA) is 72.7 Å². The number of aromatic nitrogens is 2. The highest BCUT2D eigenvalue weighted by molar-refractivity contribution is 5.80. The third-order valence-electron chi connectivity index (χ3n) is 5.07. The number of rotatable bonds is 12. The quantitative estimate of drug-likeness (QED) is 0.259. The average molecular weight is 436 g/mol. The lowest BCUT2D eigenvalue weighted by atomic mass is 9.98. The van der Waals surface area contributed by atoms with Crippen LogP contribution in [0, 0.1) is 0 Å². The number of aliphatic imine (C=N–C) groups is 1. The first-order valence-electron chi connectivity index (χ1n) is 10.9. The molecule has 0 aliphatic rings. The van der Waals surface area contributed by atoms with Gasteiger partial charge in [-0.2, -0.15) is 0 Å². The second-order valence-corrected chi connectivity index (χ2v) is 7.40. The molecule has 0 bridgehead atoms. The highest BCUT2D eigenvalue weighted by Crippen LogP contribution is 2.24. The zero-order chi connectivity index (χ0) is 22.4. The third-order valence-corrected chi connectivity index (χ3v) is 5.07. The van der Waals surface area contributed by atoms with Crippen molar-refractivity contribution in [1.29, 1.82) is 0 Å². The minimum Gasteiger partial charge on any atom is -0.382 e. The first kappa shape index (κ1) is 23.5. The van der Waals surface area contributed by atoms with Crippen molar-refractivity contribution in [2.24, 2.45) is 4.99 Å². The maximum atomic E-state index is 5.49. The Bertz CT molecular complexity index is 939. The monoisotopic (exact) mass is 435 g/mol. The number of imidazole rings is 1. The summed E-state index contributed by atoms with van der Waals surface area (Å²) in [6.07, 6.45) is 6.53. The number of hydrogen-bond acceptors (Lipinski definition) is 4. The highest BCUT2D eigenvalue weighted by atomic mass is 16.5. The zero-order valence-corrected chi connectivity index (χ0v) is 19.0. The van der Waals surface area contributed by atoms with Crippen molar-refractivity contribution in [1.82, 2.24) is 20.2 Å². The Hall–Kier alpha value is -3.16. The van der Waals surface area contributed by atoms with Gasteiger partial charge in [0.15, 0.2) is 5.96 Å². The Morgan fingerprint density at radius 1 is 1.03 bits per heavy atom. The first-order chi connectivity index (χ1) is 15.8. The smallest absolute Gasteiger partial charge is 0.191 e. The van der Waals surface area contributed by atoms with Gasteiger partial charge in [-0.15, -0.1) is 0 Å². The molecule has 170 valence electrons. The molecule has 0 saturated carbocycles. The second kappa shape index (κ2) is 13.3. The van der Waals surface area contributed by atoms with E-state index in [9.17, 15) is 0 Å². The molecule has 2 N–H and O–H groups in total. The number of guanidine groups is 1. The molecule has 0 amide bonds. The van der Waals surface area contributed by atoms with E-state index in [0.717, 1.165) is 25.5 Å². The van der Waals surface area contributed by atoms with Gasteiger partial charge in [-0.1, -0.05) is 48.5 Å². The molecule has 7 nitrogen and oxygen atoms in total. The van der Waals surface area contributed by atoms with E-state index in [1.807, 2.05) is 12.5 Å². The summed E-state index contributed by atoms with van der Waals surface area (Å²) in [5, 5.41) is 6.75. The van der Waals surface area contributed by atoms with E-state index in [1.165, 1.54) is 22.3 Å². The van der Waals surface area contributed by atoms with Gasteiger partial charge in [0.1, 0.15) is 0 Å². The highest BCUT2D eigenvalue weighted by Gasteiger charge is 2.06. The molecule has 2 aromatic carbocycles. The van der Waals surface area contributed by atoms with Crippen LogP contribution in [0.1, 0.15) is 17.5 Å². The van der Waals surface area contributed by atoms with Gasteiger partial charge in [-0.05, 0) is 28.7 Å². The van der Waals surface area contributed by atoms with Crippen LogP contribution in [-0.4, -0.2) is 56.0 Å². The lowest BCUT2D eigenvalue weighted by molar-refractivity contribution is 0.0698. The van der Waals surface area contributed by atoms with E-state index in [1.54, 1.807) is 20.4 Å². The maximum Gasteiger partial charge on any atom is 0.191 e. The summed E-state index contributed by atoms with van der Waals surface area (Å²) in [5.74, 6) is 0.785. The summed E-state index contributed by atoms with van der Waals surface area (Å²) in [6.45, 7) is 4.27. The fourth-order valence-corrected chi connectivity index (χ4v) is 3.36. The van der Waals surface area contributed by atoms with E-state index < -0.39 is 0 Å². The third kappa shape index (κ3) is 7.51. The Balaban J connectivity index is 1.52. The van der Waals surface area contributed by atoms with Crippen LogP contribution in [0.25, 0.3) is 11.1 Å². The van der Waals surface area contributed by atoms with Gasteiger partial charge in [0.25, 0.3) is 0 Å². The summed E-state index contributed by atoms with van der Waals surface area (Å²) in [4.78, 5) is 8.43. The number of ether oxygens (including phenoxy) is 2. The molecule has 1 aromatic heterocycles. The Labute approximate surface area is 190 Å². The Kier molecular flexibility index (Phi) is 9.76. The normalized spacial score (nSPS) is 11.5. The first-order valence-corrected chi connectivity index (χ1v) is 10.9. The minimum absolute atomic E-state index is 0.628. The Morgan fingerprint density at radius 2 is 1.88 bits per heavy atom. The molecule has 32 heavy (non-hydrogen) atoms. The predicted molar refractivity (Wildman–Crippen MR) is 129 cm³/mol. The van der Waals surface area contributed by atoms with E-state index in [2.05, 4.69) is 73.7 Å². The van der Waals surface area contributed by atoms with Crippen molar-refractivity contribution >= 4 is 5.96 Å². The summed E-state index contributed by atoms with van der Waals surface area (Å²) in [7, 11) is 3.46. The molecular formula is C25H33N5O2. The summed E-state index contributed by atoms with van der Waals surface area (Å²) >= 11 is 0. The molecule has 3 aromatic rings. The Morgan fingerprint density at radius 3 is 2.62 bits per heavy atom. The molecule has 0 radical (unpaired) electrons. The lowest BCUT2D eigenvalue weighted by Crippen LogP contribution is -2.37. The van der Waals surface area contributed by atoms with Crippen molar-refractivity contribution in [3.63, 3.8) is 0 Å². The van der Waals surface area contributed by atoms with E-state index in [0.29, 0.717) is 26.4 Å². The number of benzene rings is 2. The number of nitrogens with zero attached hydrogens (tertiary/aromatic N) is 3. The maximum absolute atomic E-state index is 5.49. The van der Waals surface area contributed by atoms with Gasteiger partial charge in [0.2, 0.25) is 0 Å². The van der Waals surface area contributed by atoms with Crippen LogP contribution < -0.4 is 10.6 Å². The van der Waals surface area contributed by atoms with Crippen molar-refractivity contribution in [2.75, 3.05) is 40.5 Å². The largest absolute Gasteiger partial charge is 0.382 e. The van der Waals surface area contributed by atoms with Crippen LogP contribution >= 0.6 is 0 Å².